The molecule has 57 heavy (non-hydrogen) atoms. The lowest BCUT2D eigenvalue weighted by Crippen LogP contribution is -2.04. The Balaban J connectivity index is 0.000000189. The van der Waals surface area contributed by atoms with Crippen LogP contribution in [0.25, 0.3) is 67.4 Å². The molecule has 8 nitrogen and oxygen atoms in total. The Bertz CT molecular complexity index is 2640. The summed E-state index contributed by atoms with van der Waals surface area (Å²) in [5.74, 6) is 0.358. The normalized spacial score (nSPS) is 11.0. The Labute approximate surface area is 325 Å². The van der Waals surface area contributed by atoms with Crippen molar-refractivity contribution in [3.8, 4) is 56.7 Å². The third-order valence-corrected chi connectivity index (χ3v) is 9.12. The number of nitrogens with zero attached hydrogens (tertiary/aromatic N) is 2. The minimum atomic E-state index is -3.04. The van der Waals surface area contributed by atoms with Crippen LogP contribution in [0.15, 0.2) is 130 Å². The van der Waals surface area contributed by atoms with Crippen LogP contribution in [0.1, 0.15) is 34.5 Å². The van der Waals surface area contributed by atoms with Crippen molar-refractivity contribution in [3.05, 3.63) is 144 Å². The molecule has 0 saturated carbocycles. The largest absolute Gasteiger partial charge is 0.436 e. The Morgan fingerprint density at radius 1 is 0.614 bits per heavy atom. The van der Waals surface area contributed by atoms with Crippen molar-refractivity contribution in [2.45, 2.75) is 41.1 Å². The minimum absolute atomic E-state index is 0. The number of rotatable bonds is 10. The summed E-state index contributed by atoms with van der Waals surface area (Å²) in [6.07, 6.45) is 0.451. The van der Waals surface area contributed by atoms with Gasteiger partial charge in [0.25, 0.3) is 0 Å². The average molecular weight is 777 g/mol. The first-order chi connectivity index (χ1) is 27.1. The first-order valence-corrected chi connectivity index (χ1v) is 17.3. The number of fused-ring (bicyclic) bond motifs is 2. The van der Waals surface area contributed by atoms with E-state index in [-0.39, 0.29) is 35.6 Å². The summed E-state index contributed by atoms with van der Waals surface area (Å²) in [7, 11) is 0. The van der Waals surface area contributed by atoms with Gasteiger partial charge >= 0.3 is 13.2 Å². The van der Waals surface area contributed by atoms with Crippen molar-refractivity contribution < 1.29 is 45.8 Å². The summed E-state index contributed by atoms with van der Waals surface area (Å²) in [6, 6.07) is 37.0. The number of oxazole rings is 2. The van der Waals surface area contributed by atoms with Crippen LogP contribution in [0.4, 0.5) is 17.6 Å². The van der Waals surface area contributed by atoms with Crippen LogP contribution in [0.2, 0.25) is 0 Å². The average Bonchev–Trinajstić information content (AvgIpc) is 3.81. The lowest BCUT2D eigenvalue weighted by molar-refractivity contribution is -0.0512. The number of hydrogen-bond donors (Lipinski definition) is 1. The van der Waals surface area contributed by atoms with Gasteiger partial charge in [-0.25, -0.2) is 9.97 Å². The highest BCUT2D eigenvalue weighted by Gasteiger charge is 2.19. The number of aromatic nitrogens is 2. The zero-order chi connectivity index (χ0) is 39.3. The van der Waals surface area contributed by atoms with Crippen LogP contribution in [-0.2, 0) is 6.61 Å². The summed E-state index contributed by atoms with van der Waals surface area (Å²) in [5, 5.41) is 9.44. The Kier molecular flexibility index (Phi) is 12.1. The van der Waals surface area contributed by atoms with E-state index in [1.165, 1.54) is 24.3 Å². The maximum Gasteiger partial charge on any atom is 0.387 e. The van der Waals surface area contributed by atoms with Gasteiger partial charge in [0.05, 0.1) is 12.2 Å². The van der Waals surface area contributed by atoms with Crippen molar-refractivity contribution in [1.82, 2.24) is 9.97 Å². The van der Waals surface area contributed by atoms with E-state index in [0.29, 0.717) is 34.7 Å². The van der Waals surface area contributed by atoms with E-state index in [1.807, 2.05) is 111 Å². The van der Waals surface area contributed by atoms with E-state index in [9.17, 15) is 27.5 Å². The number of alkyl halides is 4. The van der Waals surface area contributed by atoms with Gasteiger partial charge in [-0.15, -0.1) is 0 Å². The predicted octanol–water partition coefficient (Wildman–Crippen LogP) is 12.1. The molecule has 2 aromatic heterocycles. The van der Waals surface area contributed by atoms with E-state index < -0.39 is 19.8 Å². The zero-order valence-corrected chi connectivity index (χ0v) is 29.9. The Morgan fingerprint density at radius 2 is 1.05 bits per heavy atom. The molecule has 12 heteroatoms. The van der Waals surface area contributed by atoms with Gasteiger partial charge in [-0.05, 0) is 71.5 Å². The van der Waals surface area contributed by atoms with Crippen LogP contribution in [-0.4, -0.2) is 34.6 Å². The zero-order valence-electron chi connectivity index (χ0n) is 29.9. The topological polar surface area (TPSA) is 108 Å². The molecule has 0 amide bonds. The molecule has 8 aromatic rings. The summed E-state index contributed by atoms with van der Waals surface area (Å²) >= 11 is 0. The van der Waals surface area contributed by atoms with Crippen molar-refractivity contribution in [3.63, 3.8) is 0 Å². The number of carbonyl (C=O) groups is 1. The van der Waals surface area contributed by atoms with Gasteiger partial charge in [0.2, 0.25) is 11.8 Å². The smallest absolute Gasteiger partial charge is 0.387 e. The molecule has 0 unspecified atom stereocenters. The Hall–Kier alpha value is -6.79. The molecule has 0 spiro atoms. The molecule has 0 fully saturated rings. The van der Waals surface area contributed by atoms with E-state index in [4.69, 9.17) is 8.83 Å². The van der Waals surface area contributed by atoms with Crippen LogP contribution in [0, 0.1) is 13.8 Å². The minimum Gasteiger partial charge on any atom is -0.436 e. The van der Waals surface area contributed by atoms with Crippen molar-refractivity contribution >= 4 is 28.5 Å². The van der Waals surface area contributed by atoms with Gasteiger partial charge in [-0.3, -0.25) is 4.79 Å². The fourth-order valence-electron chi connectivity index (χ4n) is 6.42. The SMILES string of the molecule is C.Cc1c(-c2ccccc2)cccc1-c1nc2cc(C=O)c(OC(F)F)cc2o1.Cc1c(-c2ccccc2)cccc1-c1nc2cc(CO)c(OC(F)F)cc2o1. The maximum atomic E-state index is 12.6. The molecular weight excluding hydrogens is 740 g/mol. The second kappa shape index (κ2) is 17.3. The molecule has 0 saturated heterocycles. The van der Waals surface area contributed by atoms with Crippen LogP contribution in [0.3, 0.4) is 0 Å². The fraction of sp³-hybridized carbons (Fsp3) is 0.133. The lowest BCUT2D eigenvalue weighted by atomic mass is 9.96. The van der Waals surface area contributed by atoms with Gasteiger partial charge in [-0.2, -0.15) is 17.6 Å². The highest BCUT2D eigenvalue weighted by Crippen LogP contribution is 2.37. The molecular formula is C45H36F4N2O6. The van der Waals surface area contributed by atoms with E-state index in [1.54, 1.807) is 0 Å². The standard InChI is InChI=1S/C22H17F2NO3.C22H15F2NO3.CH4/c2*1-13-16(14-6-3-2-4-7-14)8-5-9-17(13)21-25-18-10-15(12-26)19(28-22(23)24)11-20(18)27-21;/h2-11,22,26H,12H2,1H3;2-12,22H,1H3;1H4. The van der Waals surface area contributed by atoms with Gasteiger partial charge < -0.3 is 23.4 Å². The second-order valence-corrected chi connectivity index (χ2v) is 12.5. The highest BCUT2D eigenvalue weighted by atomic mass is 19.3. The second-order valence-electron chi connectivity index (χ2n) is 12.5. The number of benzene rings is 6. The van der Waals surface area contributed by atoms with Crippen LogP contribution in [0.5, 0.6) is 11.5 Å². The lowest BCUT2D eigenvalue weighted by Gasteiger charge is -2.09. The third-order valence-electron chi connectivity index (χ3n) is 9.12. The molecule has 0 bridgehead atoms. The first kappa shape index (κ1) is 39.9. The summed E-state index contributed by atoms with van der Waals surface area (Å²) in [4.78, 5) is 20.1. The number of carbonyl (C=O) groups excluding carboxylic acids is 1. The molecule has 6 aromatic carbocycles. The van der Waals surface area contributed by atoms with E-state index in [0.717, 1.165) is 44.5 Å². The first-order valence-electron chi connectivity index (χ1n) is 17.3. The molecule has 0 atom stereocenters. The third kappa shape index (κ3) is 8.56. The van der Waals surface area contributed by atoms with E-state index in [2.05, 4.69) is 19.4 Å². The Morgan fingerprint density at radius 3 is 1.51 bits per heavy atom. The number of aldehydes is 1. The molecule has 2 heterocycles. The molecule has 8 rings (SSSR count). The van der Waals surface area contributed by atoms with E-state index >= 15 is 0 Å². The highest BCUT2D eigenvalue weighted by molar-refractivity contribution is 5.89. The van der Waals surface area contributed by atoms with Crippen LogP contribution < -0.4 is 9.47 Å². The van der Waals surface area contributed by atoms with Gasteiger partial charge in [0.15, 0.2) is 17.5 Å². The van der Waals surface area contributed by atoms with Crippen LogP contribution >= 0.6 is 0 Å². The molecule has 0 aliphatic carbocycles. The number of aliphatic hydroxyl groups is 1. The van der Waals surface area contributed by atoms with Crippen molar-refractivity contribution in [2.24, 2.45) is 0 Å². The summed E-state index contributed by atoms with van der Waals surface area (Å²) < 4.78 is 70.9. The van der Waals surface area contributed by atoms with Gasteiger partial charge in [-0.1, -0.05) is 92.4 Å². The summed E-state index contributed by atoms with van der Waals surface area (Å²) in [6.45, 7) is -2.52. The van der Waals surface area contributed by atoms with Gasteiger partial charge in [0.1, 0.15) is 22.5 Å². The van der Waals surface area contributed by atoms with Crippen molar-refractivity contribution in [2.75, 3.05) is 0 Å². The quantitative estimate of drug-likeness (QED) is 0.108. The molecule has 0 radical (unpaired) electrons. The summed E-state index contributed by atoms with van der Waals surface area (Å²) in [5.41, 5.74) is 9.43. The fourth-order valence-corrected chi connectivity index (χ4v) is 6.42. The monoisotopic (exact) mass is 776 g/mol. The molecule has 0 aliphatic rings. The number of hydrogen-bond acceptors (Lipinski definition) is 8. The maximum absolute atomic E-state index is 12.6. The number of halogens is 4. The molecule has 0 aliphatic heterocycles. The molecule has 1 N–H and O–H groups in total. The predicted molar refractivity (Wildman–Crippen MR) is 211 cm³/mol. The number of aliphatic hydroxyl groups excluding tert-OH is 1. The number of ether oxygens (including phenoxy) is 2. The molecule has 290 valence electrons. The van der Waals surface area contributed by atoms with Gasteiger partial charge in [0, 0.05) is 28.8 Å². The van der Waals surface area contributed by atoms with Crippen molar-refractivity contribution in [1.29, 1.82) is 0 Å².